The zero-order chi connectivity index (χ0) is 30.3. The standard InChI is InChI=1S/C31H32F2N6O3S/c1-4-42-31-27(18-38(36-31)23-11-13-37(3)14-12-23)22-15-25-26(21-7-10-28(29(32)33)34-16-21)19-39(30(25)35-17-22)43(40,41)24-8-5-20(2)6-9-24/h5-10,15-19,23,29H,4,11-14H2,1-3H3. The van der Waals surface area contributed by atoms with Gasteiger partial charge in [-0.3, -0.25) is 9.67 Å². The summed E-state index contributed by atoms with van der Waals surface area (Å²) in [5.74, 6) is 0.471. The van der Waals surface area contributed by atoms with Crippen LogP contribution in [0.25, 0.3) is 33.3 Å². The molecule has 0 unspecified atom stereocenters. The third-order valence-electron chi connectivity index (χ3n) is 7.86. The van der Waals surface area contributed by atoms with Crippen LogP contribution in [0.3, 0.4) is 0 Å². The Labute approximate surface area is 248 Å². The van der Waals surface area contributed by atoms with E-state index in [1.54, 1.807) is 30.5 Å². The van der Waals surface area contributed by atoms with Crippen LogP contribution < -0.4 is 4.74 Å². The Morgan fingerprint density at radius 1 is 0.977 bits per heavy atom. The van der Waals surface area contributed by atoms with E-state index >= 15 is 0 Å². The lowest BCUT2D eigenvalue weighted by molar-refractivity contribution is 0.146. The van der Waals surface area contributed by atoms with E-state index in [1.807, 2.05) is 30.8 Å². The van der Waals surface area contributed by atoms with Gasteiger partial charge in [0, 0.05) is 46.9 Å². The van der Waals surface area contributed by atoms with Crippen LogP contribution in [0.15, 0.2) is 72.1 Å². The number of alkyl halides is 2. The summed E-state index contributed by atoms with van der Waals surface area (Å²) in [7, 11) is -1.92. The first kappa shape index (κ1) is 28.9. The van der Waals surface area contributed by atoms with Crippen LogP contribution in [0, 0.1) is 6.92 Å². The Hall–Kier alpha value is -4.16. The SMILES string of the molecule is CCOc1nn(C2CCN(C)CC2)cc1-c1cnc2c(c1)c(-c1ccc(C(F)F)nc1)cn2S(=O)(=O)c1ccc(C)cc1. The predicted octanol–water partition coefficient (Wildman–Crippen LogP) is 6.11. The fourth-order valence-electron chi connectivity index (χ4n) is 5.42. The Balaban J connectivity index is 1.51. The van der Waals surface area contributed by atoms with Crippen LogP contribution in [0.5, 0.6) is 5.88 Å². The van der Waals surface area contributed by atoms with Gasteiger partial charge >= 0.3 is 0 Å². The second-order valence-corrected chi connectivity index (χ2v) is 12.6. The molecule has 0 saturated carbocycles. The van der Waals surface area contributed by atoms with E-state index in [9.17, 15) is 17.2 Å². The van der Waals surface area contributed by atoms with Crippen LogP contribution in [0.4, 0.5) is 8.78 Å². The third kappa shape index (κ3) is 5.52. The smallest absolute Gasteiger partial charge is 0.280 e. The predicted molar refractivity (Wildman–Crippen MR) is 160 cm³/mol. The number of hydrogen-bond donors (Lipinski definition) is 0. The molecule has 43 heavy (non-hydrogen) atoms. The molecule has 1 aliphatic heterocycles. The van der Waals surface area contributed by atoms with Crippen molar-refractivity contribution in [1.29, 1.82) is 0 Å². The maximum absolute atomic E-state index is 13.8. The van der Waals surface area contributed by atoms with Crippen molar-refractivity contribution in [2.75, 3.05) is 26.7 Å². The molecule has 12 heteroatoms. The zero-order valence-corrected chi connectivity index (χ0v) is 24.9. The molecule has 5 aromatic rings. The van der Waals surface area contributed by atoms with E-state index in [-0.39, 0.29) is 22.3 Å². The number of piperidine rings is 1. The highest BCUT2D eigenvalue weighted by Crippen LogP contribution is 2.38. The molecule has 0 atom stereocenters. The molecular formula is C31H32F2N6O3S. The minimum atomic E-state index is -4.03. The van der Waals surface area contributed by atoms with Crippen molar-refractivity contribution in [3.8, 4) is 28.1 Å². The van der Waals surface area contributed by atoms with E-state index < -0.39 is 16.4 Å². The van der Waals surface area contributed by atoms with E-state index in [0.29, 0.717) is 34.6 Å². The fraction of sp³-hybridized carbons (Fsp3) is 0.323. The molecule has 0 aliphatic carbocycles. The Bertz CT molecular complexity index is 1860. The summed E-state index contributed by atoms with van der Waals surface area (Å²) < 4.78 is 63.1. The zero-order valence-electron chi connectivity index (χ0n) is 24.1. The molecular weight excluding hydrogens is 574 g/mol. The van der Waals surface area contributed by atoms with Gasteiger partial charge < -0.3 is 9.64 Å². The van der Waals surface area contributed by atoms with Gasteiger partial charge in [0.1, 0.15) is 5.69 Å². The summed E-state index contributed by atoms with van der Waals surface area (Å²) in [5, 5.41) is 5.29. The number of aryl methyl sites for hydroxylation is 1. The molecule has 5 heterocycles. The van der Waals surface area contributed by atoms with Gasteiger partial charge in [-0.1, -0.05) is 23.8 Å². The Morgan fingerprint density at radius 3 is 2.35 bits per heavy atom. The Morgan fingerprint density at radius 2 is 1.70 bits per heavy atom. The van der Waals surface area contributed by atoms with Gasteiger partial charge in [0.25, 0.3) is 16.4 Å². The quantitative estimate of drug-likeness (QED) is 0.210. The first-order valence-corrected chi connectivity index (χ1v) is 15.6. The highest BCUT2D eigenvalue weighted by molar-refractivity contribution is 7.90. The van der Waals surface area contributed by atoms with Crippen LogP contribution in [0.2, 0.25) is 0 Å². The highest BCUT2D eigenvalue weighted by Gasteiger charge is 2.26. The second-order valence-electron chi connectivity index (χ2n) is 10.8. The van der Waals surface area contributed by atoms with Gasteiger partial charge in [0.05, 0.1) is 23.1 Å². The highest BCUT2D eigenvalue weighted by atomic mass is 32.2. The lowest BCUT2D eigenvalue weighted by Crippen LogP contribution is -2.31. The van der Waals surface area contributed by atoms with Gasteiger partial charge in [-0.2, -0.15) is 0 Å². The average molecular weight is 607 g/mol. The maximum Gasteiger partial charge on any atom is 0.280 e. The number of benzene rings is 1. The first-order chi connectivity index (χ1) is 20.7. The second kappa shape index (κ2) is 11.5. The number of halogens is 2. The maximum atomic E-state index is 13.8. The summed E-state index contributed by atoms with van der Waals surface area (Å²) in [6.45, 7) is 6.14. The topological polar surface area (TPSA) is 95.1 Å². The lowest BCUT2D eigenvalue weighted by Gasteiger charge is -2.28. The monoisotopic (exact) mass is 606 g/mol. The van der Waals surface area contributed by atoms with E-state index in [0.717, 1.165) is 41.0 Å². The van der Waals surface area contributed by atoms with Gasteiger partial charge in [-0.15, -0.1) is 5.10 Å². The van der Waals surface area contributed by atoms with E-state index in [4.69, 9.17) is 9.84 Å². The van der Waals surface area contributed by atoms with Crippen LogP contribution in [0.1, 0.15) is 43.5 Å². The number of nitrogens with zero attached hydrogens (tertiary/aromatic N) is 6. The minimum absolute atomic E-state index is 0.108. The summed E-state index contributed by atoms with van der Waals surface area (Å²) in [5.41, 5.74) is 3.18. The van der Waals surface area contributed by atoms with E-state index in [2.05, 4.69) is 21.9 Å². The number of rotatable bonds is 8. The van der Waals surface area contributed by atoms with Crippen molar-refractivity contribution in [1.82, 2.24) is 28.6 Å². The normalized spacial score (nSPS) is 15.0. The summed E-state index contributed by atoms with van der Waals surface area (Å²) >= 11 is 0. The summed E-state index contributed by atoms with van der Waals surface area (Å²) in [4.78, 5) is 11.0. The van der Waals surface area contributed by atoms with E-state index in [1.165, 1.54) is 24.5 Å². The largest absolute Gasteiger partial charge is 0.476 e. The molecule has 1 aliphatic rings. The summed E-state index contributed by atoms with van der Waals surface area (Å²) in [6.07, 6.45) is 5.59. The molecule has 1 fully saturated rings. The first-order valence-electron chi connectivity index (χ1n) is 14.1. The van der Waals surface area contributed by atoms with Crippen LogP contribution >= 0.6 is 0 Å². The molecule has 0 spiro atoms. The number of aromatic nitrogens is 5. The molecule has 1 saturated heterocycles. The van der Waals surface area contributed by atoms with Crippen molar-refractivity contribution < 1.29 is 21.9 Å². The Kier molecular flexibility index (Phi) is 7.74. The number of pyridine rings is 2. The molecule has 4 aromatic heterocycles. The van der Waals surface area contributed by atoms with Crippen molar-refractivity contribution in [3.63, 3.8) is 0 Å². The third-order valence-corrected chi connectivity index (χ3v) is 9.53. The number of hydrogen-bond acceptors (Lipinski definition) is 7. The number of ether oxygens (including phenoxy) is 1. The van der Waals surface area contributed by atoms with Crippen molar-refractivity contribution in [3.05, 3.63) is 78.5 Å². The number of likely N-dealkylation sites (tertiary alicyclic amines) is 1. The number of fused-ring (bicyclic) bond motifs is 1. The average Bonchev–Trinajstić information content (AvgIpc) is 3.60. The van der Waals surface area contributed by atoms with Crippen LogP contribution in [-0.2, 0) is 10.0 Å². The van der Waals surface area contributed by atoms with Crippen molar-refractivity contribution >= 4 is 21.1 Å². The van der Waals surface area contributed by atoms with Crippen molar-refractivity contribution in [2.45, 2.75) is 44.1 Å². The molecule has 0 bridgehead atoms. The summed E-state index contributed by atoms with van der Waals surface area (Å²) in [6, 6.07) is 11.4. The molecule has 0 radical (unpaired) electrons. The molecule has 224 valence electrons. The minimum Gasteiger partial charge on any atom is -0.476 e. The lowest BCUT2D eigenvalue weighted by atomic mass is 10.0. The molecule has 9 nitrogen and oxygen atoms in total. The van der Waals surface area contributed by atoms with Gasteiger partial charge in [0.15, 0.2) is 5.65 Å². The molecule has 0 N–H and O–H groups in total. The van der Waals surface area contributed by atoms with Gasteiger partial charge in [-0.05, 0) is 71.1 Å². The molecule has 0 amide bonds. The van der Waals surface area contributed by atoms with Crippen molar-refractivity contribution in [2.24, 2.45) is 0 Å². The molecule has 6 rings (SSSR count). The fourth-order valence-corrected chi connectivity index (χ4v) is 6.74. The van der Waals surface area contributed by atoms with Gasteiger partial charge in [-0.25, -0.2) is 26.2 Å². The van der Waals surface area contributed by atoms with Crippen LogP contribution in [-0.4, -0.2) is 63.8 Å². The van der Waals surface area contributed by atoms with Gasteiger partial charge in [0.2, 0.25) is 5.88 Å². The molecule has 1 aromatic carbocycles.